The summed E-state index contributed by atoms with van der Waals surface area (Å²) in [4.78, 5) is 0. The third-order valence-corrected chi connectivity index (χ3v) is 1.12. The van der Waals surface area contributed by atoms with Gasteiger partial charge in [0.1, 0.15) is 0 Å². The Morgan fingerprint density at radius 3 is 2.25 bits per heavy atom. The van der Waals surface area contributed by atoms with Crippen LogP contribution < -0.4 is 0 Å². The van der Waals surface area contributed by atoms with E-state index in [1.807, 2.05) is 6.08 Å². The van der Waals surface area contributed by atoms with E-state index in [1.54, 1.807) is 0 Å². The molecule has 0 amide bonds. The fourth-order valence-corrected chi connectivity index (χ4v) is 0. The first-order chi connectivity index (χ1) is 1.91. The zero-order valence-electron chi connectivity index (χ0n) is 2.57. The van der Waals surface area contributed by atoms with E-state index in [1.165, 1.54) is 27.4 Å². The SMILES string of the molecule is C=C[CH2][SbH2]. The van der Waals surface area contributed by atoms with Gasteiger partial charge in [0.15, 0.2) is 0 Å². The van der Waals surface area contributed by atoms with Crippen LogP contribution in [0.4, 0.5) is 0 Å². The van der Waals surface area contributed by atoms with E-state index in [0.29, 0.717) is 0 Å². The Hall–Kier alpha value is 0.558. The molecule has 0 bridgehead atoms. The molecule has 0 aliphatic carbocycles. The molecule has 0 saturated heterocycles. The molecule has 0 N–H and O–H groups in total. The molecule has 0 atom stereocenters. The summed E-state index contributed by atoms with van der Waals surface area (Å²) in [5.74, 6) is 0. The van der Waals surface area contributed by atoms with Crippen molar-refractivity contribution < 1.29 is 0 Å². The van der Waals surface area contributed by atoms with Crippen LogP contribution in [0.1, 0.15) is 0 Å². The van der Waals surface area contributed by atoms with Gasteiger partial charge >= 0.3 is 40.0 Å². The predicted molar refractivity (Wildman–Crippen MR) is 23.5 cm³/mol. The monoisotopic (exact) mass is 164 g/mol. The Kier molecular flexibility index (Phi) is 4.05. The summed E-state index contributed by atoms with van der Waals surface area (Å²) in [6.07, 6.45) is 1.93. The van der Waals surface area contributed by atoms with Crippen molar-refractivity contribution in [2.75, 3.05) is 0 Å². The van der Waals surface area contributed by atoms with Crippen LogP contribution in [-0.4, -0.2) is 23.0 Å². The number of hydrogen-bond acceptors (Lipinski definition) is 0. The molecule has 24 valence electrons. The topological polar surface area (TPSA) is 0 Å². The van der Waals surface area contributed by atoms with Crippen LogP contribution in [0.3, 0.4) is 0 Å². The molecule has 0 aliphatic heterocycles. The van der Waals surface area contributed by atoms with Crippen LogP contribution in [0, 0.1) is 0 Å². The van der Waals surface area contributed by atoms with Crippen molar-refractivity contribution in [2.45, 2.75) is 4.37 Å². The molecular weight excluding hydrogens is 158 g/mol. The Morgan fingerprint density at radius 1 is 2.00 bits per heavy atom. The van der Waals surface area contributed by atoms with Gasteiger partial charge in [-0.1, -0.05) is 0 Å². The zero-order chi connectivity index (χ0) is 3.41. The van der Waals surface area contributed by atoms with Gasteiger partial charge in [-0.25, -0.2) is 0 Å². The van der Waals surface area contributed by atoms with Gasteiger partial charge in [0, 0.05) is 0 Å². The van der Waals surface area contributed by atoms with Gasteiger partial charge in [-0.15, -0.1) is 0 Å². The van der Waals surface area contributed by atoms with E-state index in [-0.39, 0.29) is 0 Å². The maximum atomic E-state index is 3.51. The molecule has 0 rings (SSSR count). The second kappa shape index (κ2) is 3.56. The maximum absolute atomic E-state index is 3.51. The molecule has 0 aliphatic rings. The summed E-state index contributed by atoms with van der Waals surface area (Å²) in [6, 6.07) is 0. The Morgan fingerprint density at radius 2 is 2.25 bits per heavy atom. The first-order valence-corrected chi connectivity index (χ1v) is 3.56. The molecule has 0 fully saturated rings. The summed E-state index contributed by atoms with van der Waals surface area (Å²) in [6.45, 7) is 3.51. The Bertz CT molecular complexity index is 17.2. The van der Waals surface area contributed by atoms with Crippen LogP contribution in [0.25, 0.3) is 0 Å². The van der Waals surface area contributed by atoms with Gasteiger partial charge in [0.2, 0.25) is 0 Å². The van der Waals surface area contributed by atoms with Crippen LogP contribution in [-0.2, 0) is 0 Å². The third kappa shape index (κ3) is 2.56. The minimum atomic E-state index is 1.21. The van der Waals surface area contributed by atoms with E-state index in [9.17, 15) is 0 Å². The molecule has 0 heterocycles. The molecule has 0 aromatic rings. The van der Waals surface area contributed by atoms with Crippen molar-refractivity contribution in [1.82, 2.24) is 0 Å². The summed E-state index contributed by atoms with van der Waals surface area (Å²) in [7, 11) is 0. The average Bonchev–Trinajstić information content (AvgIpc) is 1.37. The molecular formula is C3H7Sb. The van der Waals surface area contributed by atoms with Crippen LogP contribution >= 0.6 is 0 Å². The Labute approximate surface area is 40.4 Å². The molecule has 0 unspecified atom stereocenters. The molecule has 0 aromatic heterocycles. The second-order valence-corrected chi connectivity index (χ2v) is 1.87. The van der Waals surface area contributed by atoms with Crippen LogP contribution in [0.15, 0.2) is 12.7 Å². The first kappa shape index (κ1) is 4.56. The first-order valence-electron chi connectivity index (χ1n) is 1.22. The summed E-state index contributed by atoms with van der Waals surface area (Å²) in [5, 5.41) is 0. The van der Waals surface area contributed by atoms with Gasteiger partial charge in [0.05, 0.1) is 0 Å². The van der Waals surface area contributed by atoms with E-state index in [4.69, 9.17) is 0 Å². The van der Waals surface area contributed by atoms with Crippen molar-refractivity contribution >= 4 is 23.0 Å². The molecule has 4 heavy (non-hydrogen) atoms. The van der Waals surface area contributed by atoms with Crippen LogP contribution in [0.2, 0.25) is 4.37 Å². The molecule has 1 heteroatoms. The normalized spacial score (nSPS) is 6.25. The van der Waals surface area contributed by atoms with Crippen LogP contribution in [0.5, 0.6) is 0 Å². The quantitative estimate of drug-likeness (QED) is 0.385. The van der Waals surface area contributed by atoms with Crippen molar-refractivity contribution in [3.05, 3.63) is 12.7 Å². The molecule has 0 saturated carbocycles. The zero-order valence-corrected chi connectivity index (χ0v) is 5.86. The van der Waals surface area contributed by atoms with Crippen molar-refractivity contribution in [2.24, 2.45) is 0 Å². The minimum absolute atomic E-state index is 1.21. The third-order valence-electron chi connectivity index (χ3n) is 0.167. The van der Waals surface area contributed by atoms with E-state index in [2.05, 4.69) is 6.58 Å². The van der Waals surface area contributed by atoms with Crippen molar-refractivity contribution in [3.8, 4) is 0 Å². The van der Waals surface area contributed by atoms with Gasteiger partial charge in [-0.2, -0.15) is 0 Å². The van der Waals surface area contributed by atoms with Gasteiger partial charge in [-0.3, -0.25) is 0 Å². The van der Waals surface area contributed by atoms with E-state index < -0.39 is 0 Å². The number of rotatable bonds is 1. The Balaban J connectivity index is 2.30. The van der Waals surface area contributed by atoms with Crippen molar-refractivity contribution in [1.29, 1.82) is 0 Å². The molecule has 0 aromatic carbocycles. The molecule has 0 radical (unpaired) electrons. The van der Waals surface area contributed by atoms with E-state index >= 15 is 0 Å². The summed E-state index contributed by atoms with van der Waals surface area (Å²) in [5.41, 5.74) is 0. The van der Waals surface area contributed by atoms with E-state index in [0.717, 1.165) is 0 Å². The standard InChI is InChI=1S/C3H5.Sb.2H/c1-3-2;;;/h3H,1-2H2;;;. The molecule has 0 spiro atoms. The van der Waals surface area contributed by atoms with Crippen molar-refractivity contribution in [3.63, 3.8) is 0 Å². The fraction of sp³-hybridized carbons (Fsp3) is 0.333. The van der Waals surface area contributed by atoms with Gasteiger partial charge in [-0.05, 0) is 0 Å². The predicted octanol–water partition coefficient (Wildman–Crippen LogP) is 0.224. The summed E-state index contributed by atoms with van der Waals surface area (Å²) < 4.78 is 1.21. The van der Waals surface area contributed by atoms with Gasteiger partial charge < -0.3 is 0 Å². The van der Waals surface area contributed by atoms with Gasteiger partial charge in [0.25, 0.3) is 0 Å². The summed E-state index contributed by atoms with van der Waals surface area (Å²) >= 11 is 1.32. The number of allylic oxidation sites excluding steroid dienone is 1. The second-order valence-electron chi connectivity index (χ2n) is 0.524. The average molecular weight is 165 g/mol. The number of hydrogen-bond donors (Lipinski definition) is 0. The molecule has 0 nitrogen and oxygen atoms in total. The fourth-order valence-electron chi connectivity index (χ4n) is 0.